The molecule has 0 fully saturated rings. The van der Waals surface area contributed by atoms with Gasteiger partial charge in [-0.1, -0.05) is 42.5 Å². The number of hydrogen-bond donors (Lipinski definition) is 3. The van der Waals surface area contributed by atoms with Crippen molar-refractivity contribution >= 4 is 5.91 Å². The lowest BCUT2D eigenvalue weighted by Crippen LogP contribution is -2.30. The van der Waals surface area contributed by atoms with Gasteiger partial charge in [0.25, 0.3) is 5.91 Å². The van der Waals surface area contributed by atoms with E-state index in [2.05, 4.69) is 5.32 Å². The molecule has 1 unspecified atom stereocenters. The van der Waals surface area contributed by atoms with Crippen LogP contribution in [0.3, 0.4) is 0 Å². The summed E-state index contributed by atoms with van der Waals surface area (Å²) >= 11 is 0. The van der Waals surface area contributed by atoms with Crippen molar-refractivity contribution < 1.29 is 15.0 Å². The van der Waals surface area contributed by atoms with Crippen LogP contribution in [-0.2, 0) is 0 Å². The molecule has 2 aromatic rings. The van der Waals surface area contributed by atoms with Crippen molar-refractivity contribution in [2.45, 2.75) is 6.04 Å². The Morgan fingerprint density at radius 3 is 2.32 bits per heavy atom. The molecule has 0 aliphatic carbocycles. The Balaban J connectivity index is 2.16. The van der Waals surface area contributed by atoms with Gasteiger partial charge in [-0.05, 0) is 17.7 Å². The quantitative estimate of drug-likeness (QED) is 0.783. The van der Waals surface area contributed by atoms with Crippen molar-refractivity contribution in [3.8, 4) is 5.75 Å². The van der Waals surface area contributed by atoms with Gasteiger partial charge in [-0.15, -0.1) is 0 Å². The number of phenolic OH excluding ortho intramolecular Hbond substituents is 1. The Hall–Kier alpha value is -2.33. The van der Waals surface area contributed by atoms with E-state index < -0.39 is 11.9 Å². The summed E-state index contributed by atoms with van der Waals surface area (Å²) in [4.78, 5) is 12.0. The summed E-state index contributed by atoms with van der Waals surface area (Å²) in [5.74, 6) is -0.495. The Morgan fingerprint density at radius 1 is 1.05 bits per heavy atom. The molecule has 1 atom stereocenters. The highest BCUT2D eigenvalue weighted by atomic mass is 16.3. The molecule has 2 aromatic carbocycles. The van der Waals surface area contributed by atoms with Crippen molar-refractivity contribution in [2.24, 2.45) is 0 Å². The number of para-hydroxylation sites is 1. The van der Waals surface area contributed by atoms with Gasteiger partial charge in [0.1, 0.15) is 5.75 Å². The van der Waals surface area contributed by atoms with Crippen LogP contribution in [-0.4, -0.2) is 22.7 Å². The van der Waals surface area contributed by atoms with Crippen LogP contribution in [0, 0.1) is 0 Å². The van der Waals surface area contributed by atoms with E-state index in [1.165, 1.54) is 12.1 Å². The highest BCUT2D eigenvalue weighted by molar-refractivity contribution is 5.97. The maximum absolute atomic E-state index is 12.0. The summed E-state index contributed by atoms with van der Waals surface area (Å²) in [5.41, 5.74) is 1.01. The van der Waals surface area contributed by atoms with Crippen LogP contribution in [0.1, 0.15) is 22.0 Å². The van der Waals surface area contributed by atoms with Gasteiger partial charge in [0, 0.05) is 0 Å². The number of aliphatic hydroxyl groups excluding tert-OH is 1. The highest BCUT2D eigenvalue weighted by Crippen LogP contribution is 2.18. The lowest BCUT2D eigenvalue weighted by atomic mass is 10.1. The monoisotopic (exact) mass is 257 g/mol. The molecule has 0 radical (unpaired) electrons. The van der Waals surface area contributed by atoms with E-state index in [9.17, 15) is 15.0 Å². The molecule has 1 amide bonds. The summed E-state index contributed by atoms with van der Waals surface area (Å²) in [6, 6.07) is 15.0. The number of hydrogen-bond acceptors (Lipinski definition) is 3. The molecular weight excluding hydrogens is 242 g/mol. The maximum atomic E-state index is 12.0. The molecule has 0 heterocycles. The molecule has 4 heteroatoms. The Morgan fingerprint density at radius 2 is 1.68 bits per heavy atom. The molecule has 0 bridgehead atoms. The van der Waals surface area contributed by atoms with Gasteiger partial charge in [-0.25, -0.2) is 0 Å². The average Bonchev–Trinajstić information content (AvgIpc) is 2.46. The third-order valence-electron chi connectivity index (χ3n) is 2.84. The van der Waals surface area contributed by atoms with E-state index >= 15 is 0 Å². The first kappa shape index (κ1) is 13.1. The third-order valence-corrected chi connectivity index (χ3v) is 2.84. The van der Waals surface area contributed by atoms with Gasteiger partial charge in [-0.2, -0.15) is 0 Å². The molecule has 3 N–H and O–H groups in total. The summed E-state index contributed by atoms with van der Waals surface area (Å²) < 4.78 is 0. The second-order valence-electron chi connectivity index (χ2n) is 4.14. The Bertz CT molecular complexity index is 554. The van der Waals surface area contributed by atoms with Crippen LogP contribution >= 0.6 is 0 Å². The van der Waals surface area contributed by atoms with E-state index in [-0.39, 0.29) is 17.9 Å². The van der Waals surface area contributed by atoms with Crippen molar-refractivity contribution in [3.63, 3.8) is 0 Å². The van der Waals surface area contributed by atoms with Crippen LogP contribution in [0.25, 0.3) is 0 Å². The summed E-state index contributed by atoms with van der Waals surface area (Å²) in [7, 11) is 0. The number of aromatic hydroxyl groups is 1. The molecule has 0 saturated carbocycles. The van der Waals surface area contributed by atoms with Gasteiger partial charge < -0.3 is 15.5 Å². The van der Waals surface area contributed by atoms with Crippen LogP contribution < -0.4 is 5.32 Å². The molecule has 98 valence electrons. The maximum Gasteiger partial charge on any atom is 0.255 e. The van der Waals surface area contributed by atoms with Gasteiger partial charge in [0.15, 0.2) is 0 Å². The summed E-state index contributed by atoms with van der Waals surface area (Å²) in [5, 5.41) is 21.7. The first-order valence-electron chi connectivity index (χ1n) is 5.97. The van der Waals surface area contributed by atoms with Crippen LogP contribution in [0.5, 0.6) is 5.75 Å². The fraction of sp³-hybridized carbons (Fsp3) is 0.133. The lowest BCUT2D eigenvalue weighted by Gasteiger charge is -2.17. The van der Waals surface area contributed by atoms with Gasteiger partial charge >= 0.3 is 0 Å². The molecular formula is C15H15NO3. The highest BCUT2D eigenvalue weighted by Gasteiger charge is 2.16. The number of carbonyl (C=O) groups excluding carboxylic acids is 1. The second-order valence-corrected chi connectivity index (χ2v) is 4.14. The Kier molecular flexibility index (Phi) is 4.15. The molecule has 19 heavy (non-hydrogen) atoms. The second kappa shape index (κ2) is 6.02. The number of aliphatic hydroxyl groups is 1. The molecule has 0 saturated heterocycles. The van der Waals surface area contributed by atoms with Crippen LogP contribution in [0.2, 0.25) is 0 Å². The van der Waals surface area contributed by atoms with Crippen molar-refractivity contribution in [1.82, 2.24) is 5.32 Å². The van der Waals surface area contributed by atoms with E-state index in [0.717, 1.165) is 5.56 Å². The first-order valence-corrected chi connectivity index (χ1v) is 5.97. The van der Waals surface area contributed by atoms with Crippen molar-refractivity contribution in [2.75, 3.05) is 6.61 Å². The molecule has 0 spiro atoms. The van der Waals surface area contributed by atoms with Gasteiger partial charge in [-0.3, -0.25) is 4.79 Å². The normalized spacial score (nSPS) is 11.8. The number of rotatable bonds is 4. The third kappa shape index (κ3) is 3.11. The minimum atomic E-state index is -0.492. The minimum Gasteiger partial charge on any atom is -0.507 e. The molecule has 0 aliphatic heterocycles. The zero-order valence-corrected chi connectivity index (χ0v) is 10.3. The summed E-state index contributed by atoms with van der Waals surface area (Å²) in [6.07, 6.45) is 0. The standard InChI is InChI=1S/C15H15NO3/c17-10-13(11-6-2-1-3-7-11)16-15(19)12-8-4-5-9-14(12)18/h1-9,13,17-18H,10H2,(H,16,19). The zero-order chi connectivity index (χ0) is 13.7. The molecule has 2 rings (SSSR count). The van der Waals surface area contributed by atoms with E-state index in [0.29, 0.717) is 0 Å². The van der Waals surface area contributed by atoms with Crippen LogP contribution in [0.15, 0.2) is 54.6 Å². The number of benzene rings is 2. The number of amides is 1. The van der Waals surface area contributed by atoms with Crippen molar-refractivity contribution in [3.05, 3.63) is 65.7 Å². The van der Waals surface area contributed by atoms with E-state index in [4.69, 9.17) is 0 Å². The number of carbonyl (C=O) groups is 1. The summed E-state index contributed by atoms with van der Waals surface area (Å²) in [6.45, 7) is -0.205. The van der Waals surface area contributed by atoms with E-state index in [1.807, 2.05) is 30.3 Å². The van der Waals surface area contributed by atoms with Gasteiger partial charge in [0.2, 0.25) is 0 Å². The predicted octanol–water partition coefficient (Wildman–Crippen LogP) is 1.86. The fourth-order valence-electron chi connectivity index (χ4n) is 1.82. The topological polar surface area (TPSA) is 69.6 Å². The van der Waals surface area contributed by atoms with Gasteiger partial charge in [0.05, 0.1) is 18.2 Å². The largest absolute Gasteiger partial charge is 0.507 e. The first-order chi connectivity index (χ1) is 9.22. The van der Waals surface area contributed by atoms with Crippen LogP contribution in [0.4, 0.5) is 0 Å². The Labute approximate surface area is 111 Å². The molecule has 0 aliphatic rings. The van der Waals surface area contributed by atoms with E-state index in [1.54, 1.807) is 12.1 Å². The lowest BCUT2D eigenvalue weighted by molar-refractivity contribution is 0.0913. The van der Waals surface area contributed by atoms with Crippen molar-refractivity contribution in [1.29, 1.82) is 0 Å². The minimum absolute atomic E-state index is 0.0789. The smallest absolute Gasteiger partial charge is 0.255 e. The molecule has 0 aromatic heterocycles. The zero-order valence-electron chi connectivity index (χ0n) is 10.3. The number of phenols is 1. The predicted molar refractivity (Wildman–Crippen MR) is 71.8 cm³/mol. The molecule has 4 nitrogen and oxygen atoms in total. The SMILES string of the molecule is O=C(NC(CO)c1ccccc1)c1ccccc1O. The fourth-order valence-corrected chi connectivity index (χ4v) is 1.82. The average molecular weight is 257 g/mol. The number of nitrogens with one attached hydrogen (secondary N) is 1.